The first kappa shape index (κ1) is 22.1. The van der Waals surface area contributed by atoms with Gasteiger partial charge in [0.2, 0.25) is 0 Å². The molecule has 0 unspecified atom stereocenters. The van der Waals surface area contributed by atoms with Gasteiger partial charge in [-0.1, -0.05) is 38.6 Å². The minimum Gasteiger partial charge on any atom is -0.493 e. The first-order chi connectivity index (χ1) is 12.6. The molecule has 4 nitrogen and oxygen atoms in total. The van der Waals surface area contributed by atoms with E-state index in [0.29, 0.717) is 19.8 Å². The number of aryl methyl sites for hydroxylation is 1. The Morgan fingerprint density at radius 2 is 1.69 bits per heavy atom. The molecular weight excluding hydrogens is 326 g/mol. The molecule has 0 bridgehead atoms. The number of benzene rings is 1. The van der Waals surface area contributed by atoms with E-state index in [4.69, 9.17) is 14.3 Å². The fourth-order valence-electron chi connectivity index (χ4n) is 2.89. The maximum Gasteiger partial charge on any atom is 0.126 e. The van der Waals surface area contributed by atoms with Crippen molar-refractivity contribution in [3.05, 3.63) is 35.4 Å². The minimum absolute atomic E-state index is 0.527. The van der Waals surface area contributed by atoms with Crippen LogP contribution in [0.4, 0.5) is 0 Å². The van der Waals surface area contributed by atoms with E-state index >= 15 is 0 Å². The molecule has 0 amide bonds. The van der Waals surface area contributed by atoms with E-state index in [9.17, 15) is 0 Å². The van der Waals surface area contributed by atoms with Crippen LogP contribution in [-0.2, 0) is 24.1 Å². The molecule has 0 aliphatic heterocycles. The largest absolute Gasteiger partial charge is 0.493 e. The molecule has 1 aromatic rings. The van der Waals surface area contributed by atoms with Crippen LogP contribution in [-0.4, -0.2) is 25.5 Å². The van der Waals surface area contributed by atoms with Gasteiger partial charge in [-0.3, -0.25) is 0 Å². The molecule has 0 aliphatic carbocycles. The maximum atomic E-state index is 6.21. The number of hydrogen-bond acceptors (Lipinski definition) is 4. The van der Waals surface area contributed by atoms with Crippen LogP contribution < -0.4 is 9.47 Å². The highest BCUT2D eigenvalue weighted by Crippen LogP contribution is 2.36. The maximum absolute atomic E-state index is 6.21. The molecule has 0 aliphatic rings. The van der Waals surface area contributed by atoms with Gasteiger partial charge in [0.15, 0.2) is 0 Å². The Balaban J connectivity index is 2.82. The zero-order chi connectivity index (χ0) is 19.4. The standard InChI is InChI=1S/C22H35NO3/c1-7-13-24-21-16-18(8-2)22(20(10-4)19(21)9-3)25-14-11-12-15-26-23-17(5)6/h7,16H,1,8-15H2,2-6H3. The van der Waals surface area contributed by atoms with E-state index in [1.54, 1.807) is 6.08 Å². The Morgan fingerprint density at radius 3 is 2.27 bits per heavy atom. The SMILES string of the molecule is C=CCOc1cc(CC)c(OCCCCON=C(C)C)c(CC)c1CC. The molecule has 1 rings (SSSR count). The summed E-state index contributed by atoms with van der Waals surface area (Å²) in [5.41, 5.74) is 4.67. The molecule has 0 heterocycles. The molecule has 4 heteroatoms. The van der Waals surface area contributed by atoms with Gasteiger partial charge in [-0.05, 0) is 57.6 Å². The van der Waals surface area contributed by atoms with Crippen LogP contribution in [0.15, 0.2) is 23.9 Å². The quantitative estimate of drug-likeness (QED) is 0.201. The summed E-state index contributed by atoms with van der Waals surface area (Å²) >= 11 is 0. The monoisotopic (exact) mass is 361 g/mol. The molecule has 0 spiro atoms. The van der Waals surface area contributed by atoms with Crippen LogP contribution in [0.25, 0.3) is 0 Å². The minimum atomic E-state index is 0.527. The zero-order valence-corrected chi connectivity index (χ0v) is 17.2. The Morgan fingerprint density at radius 1 is 1.00 bits per heavy atom. The lowest BCUT2D eigenvalue weighted by Crippen LogP contribution is -2.08. The molecule has 0 saturated carbocycles. The van der Waals surface area contributed by atoms with E-state index in [-0.39, 0.29) is 0 Å². The third kappa shape index (κ3) is 6.74. The number of hydrogen-bond donors (Lipinski definition) is 0. The van der Waals surface area contributed by atoms with E-state index in [2.05, 4.69) is 38.6 Å². The number of ether oxygens (including phenoxy) is 2. The van der Waals surface area contributed by atoms with E-state index in [0.717, 1.165) is 49.3 Å². The highest BCUT2D eigenvalue weighted by Gasteiger charge is 2.17. The summed E-state index contributed by atoms with van der Waals surface area (Å²) in [6.45, 7) is 15.9. The fraction of sp³-hybridized carbons (Fsp3) is 0.591. The number of oxime groups is 1. The van der Waals surface area contributed by atoms with Crippen molar-refractivity contribution in [2.75, 3.05) is 19.8 Å². The smallest absolute Gasteiger partial charge is 0.126 e. The van der Waals surface area contributed by atoms with Gasteiger partial charge in [0.25, 0.3) is 0 Å². The normalized spacial score (nSPS) is 10.3. The zero-order valence-electron chi connectivity index (χ0n) is 17.2. The number of rotatable bonds is 13. The van der Waals surface area contributed by atoms with Gasteiger partial charge in [0.1, 0.15) is 24.7 Å². The van der Waals surface area contributed by atoms with Crippen LogP contribution in [0.3, 0.4) is 0 Å². The summed E-state index contributed by atoms with van der Waals surface area (Å²) in [6.07, 6.45) is 6.45. The van der Waals surface area contributed by atoms with Crippen molar-refractivity contribution < 1.29 is 14.3 Å². The molecule has 0 N–H and O–H groups in total. The second-order valence-electron chi connectivity index (χ2n) is 6.41. The third-order valence-corrected chi connectivity index (χ3v) is 4.10. The summed E-state index contributed by atoms with van der Waals surface area (Å²) in [5, 5.41) is 3.95. The lowest BCUT2D eigenvalue weighted by molar-refractivity contribution is 0.135. The Labute approximate surface area is 159 Å². The van der Waals surface area contributed by atoms with Crippen molar-refractivity contribution in [3.8, 4) is 11.5 Å². The summed E-state index contributed by atoms with van der Waals surface area (Å²) < 4.78 is 12.1. The van der Waals surface area contributed by atoms with Gasteiger partial charge in [-0.25, -0.2) is 0 Å². The Bertz CT molecular complexity index is 590. The van der Waals surface area contributed by atoms with Crippen molar-refractivity contribution in [2.24, 2.45) is 5.16 Å². The summed E-state index contributed by atoms with van der Waals surface area (Å²) in [4.78, 5) is 5.23. The van der Waals surface area contributed by atoms with Crippen LogP contribution in [0.2, 0.25) is 0 Å². The van der Waals surface area contributed by atoms with Gasteiger partial charge in [0, 0.05) is 11.1 Å². The predicted octanol–water partition coefficient (Wildman–Crippen LogP) is 5.51. The van der Waals surface area contributed by atoms with Gasteiger partial charge in [-0.2, -0.15) is 0 Å². The summed E-state index contributed by atoms with van der Waals surface area (Å²) in [6, 6.07) is 2.14. The molecular formula is C22H35NO3. The Hall–Kier alpha value is -1.97. The highest BCUT2D eigenvalue weighted by atomic mass is 16.6. The summed E-state index contributed by atoms with van der Waals surface area (Å²) in [7, 11) is 0. The number of nitrogens with zero attached hydrogens (tertiary/aromatic N) is 1. The van der Waals surface area contributed by atoms with Crippen molar-refractivity contribution in [2.45, 2.75) is 66.7 Å². The van der Waals surface area contributed by atoms with Crippen molar-refractivity contribution >= 4 is 5.71 Å². The van der Waals surface area contributed by atoms with Gasteiger partial charge in [-0.15, -0.1) is 0 Å². The van der Waals surface area contributed by atoms with E-state index in [1.807, 2.05) is 13.8 Å². The fourth-order valence-corrected chi connectivity index (χ4v) is 2.89. The first-order valence-corrected chi connectivity index (χ1v) is 9.76. The molecule has 0 fully saturated rings. The molecule has 146 valence electrons. The average molecular weight is 362 g/mol. The molecule has 0 atom stereocenters. The van der Waals surface area contributed by atoms with Crippen LogP contribution in [0, 0.1) is 0 Å². The molecule has 26 heavy (non-hydrogen) atoms. The van der Waals surface area contributed by atoms with E-state index < -0.39 is 0 Å². The topological polar surface area (TPSA) is 40.0 Å². The molecule has 0 radical (unpaired) electrons. The van der Waals surface area contributed by atoms with Gasteiger partial charge in [0.05, 0.1) is 12.3 Å². The lowest BCUT2D eigenvalue weighted by Gasteiger charge is -2.21. The second kappa shape index (κ2) is 12.4. The second-order valence-corrected chi connectivity index (χ2v) is 6.41. The van der Waals surface area contributed by atoms with Crippen LogP contribution in [0.5, 0.6) is 11.5 Å². The van der Waals surface area contributed by atoms with Gasteiger partial charge < -0.3 is 14.3 Å². The van der Waals surface area contributed by atoms with Crippen molar-refractivity contribution in [1.29, 1.82) is 0 Å². The molecule has 0 saturated heterocycles. The first-order valence-electron chi connectivity index (χ1n) is 9.76. The van der Waals surface area contributed by atoms with Crippen LogP contribution in [0.1, 0.15) is 64.2 Å². The van der Waals surface area contributed by atoms with Crippen molar-refractivity contribution in [1.82, 2.24) is 0 Å². The van der Waals surface area contributed by atoms with Crippen LogP contribution >= 0.6 is 0 Å². The molecule has 1 aromatic carbocycles. The summed E-state index contributed by atoms with van der Waals surface area (Å²) in [5.74, 6) is 2.01. The third-order valence-electron chi connectivity index (χ3n) is 4.10. The molecule has 0 aromatic heterocycles. The average Bonchev–Trinajstić information content (AvgIpc) is 2.64. The van der Waals surface area contributed by atoms with Crippen molar-refractivity contribution in [3.63, 3.8) is 0 Å². The predicted molar refractivity (Wildman–Crippen MR) is 110 cm³/mol. The Kier molecular flexibility index (Phi) is 10.5. The number of unbranched alkanes of at least 4 members (excludes halogenated alkanes) is 1. The highest BCUT2D eigenvalue weighted by molar-refractivity contribution is 5.78. The lowest BCUT2D eigenvalue weighted by atomic mass is 9.96. The van der Waals surface area contributed by atoms with Gasteiger partial charge >= 0.3 is 0 Å². The van der Waals surface area contributed by atoms with E-state index in [1.165, 1.54) is 16.7 Å².